The maximum Gasteiger partial charge on any atom is 0.336 e. The van der Waals surface area contributed by atoms with Gasteiger partial charge in [0.25, 0.3) is 0 Å². The van der Waals surface area contributed by atoms with Gasteiger partial charge in [0.2, 0.25) is 10.0 Å². The molecule has 0 radical (unpaired) electrons. The third-order valence-corrected chi connectivity index (χ3v) is 6.88. The first-order valence-corrected chi connectivity index (χ1v) is 9.97. The van der Waals surface area contributed by atoms with Crippen molar-refractivity contribution in [1.82, 2.24) is 14.5 Å². The number of benzene rings is 1. The molecule has 0 saturated carbocycles. The van der Waals surface area contributed by atoms with Gasteiger partial charge in [0.1, 0.15) is 5.58 Å². The minimum Gasteiger partial charge on any atom is -0.423 e. The zero-order valence-corrected chi connectivity index (χ0v) is 15.9. The van der Waals surface area contributed by atoms with Gasteiger partial charge in [-0.05, 0) is 30.7 Å². The van der Waals surface area contributed by atoms with Crippen LogP contribution in [0.25, 0.3) is 11.0 Å². The zero-order chi connectivity index (χ0) is 17.4. The predicted octanol–water partition coefficient (Wildman–Crippen LogP) is 0.883. The number of hydrogen-bond acceptors (Lipinski definition) is 6. The molecule has 1 aromatic heterocycles. The van der Waals surface area contributed by atoms with Crippen LogP contribution < -0.4 is 10.9 Å². The molecule has 2 aliphatic heterocycles. The standard InChI is InChI=1S/C17H21N3O4S.ClH/c21-17-4-1-13-11-15(2-3-16(13)24-17)25(22,23)20-8-5-14(12-20)19-9-6-18-7-10-19;/h1-4,11,14,18H,5-10,12H2;1H. The summed E-state index contributed by atoms with van der Waals surface area (Å²) in [7, 11) is -3.54. The van der Waals surface area contributed by atoms with Gasteiger partial charge in [0, 0.05) is 56.8 Å². The van der Waals surface area contributed by atoms with Gasteiger partial charge in [0.15, 0.2) is 0 Å². The van der Waals surface area contributed by atoms with E-state index in [9.17, 15) is 13.2 Å². The van der Waals surface area contributed by atoms with Crippen molar-refractivity contribution < 1.29 is 12.8 Å². The molecule has 0 spiro atoms. The topological polar surface area (TPSA) is 82.9 Å². The Labute approximate surface area is 158 Å². The highest BCUT2D eigenvalue weighted by molar-refractivity contribution is 7.89. The van der Waals surface area contributed by atoms with Gasteiger partial charge in [-0.3, -0.25) is 4.90 Å². The molecule has 1 aromatic carbocycles. The molecule has 1 atom stereocenters. The Kier molecular flexibility index (Phi) is 5.69. The third-order valence-electron chi connectivity index (χ3n) is 5.02. The van der Waals surface area contributed by atoms with E-state index in [1.807, 2.05) is 0 Å². The molecule has 0 bridgehead atoms. The van der Waals surface area contributed by atoms with Crippen LogP contribution in [0.4, 0.5) is 0 Å². The molecule has 0 aliphatic carbocycles. The van der Waals surface area contributed by atoms with Crippen molar-refractivity contribution in [2.45, 2.75) is 17.4 Å². The van der Waals surface area contributed by atoms with Crippen molar-refractivity contribution in [2.75, 3.05) is 39.3 Å². The molecular formula is C17H22ClN3O4S. The Morgan fingerprint density at radius 1 is 1.08 bits per heavy atom. The highest BCUT2D eigenvalue weighted by Crippen LogP contribution is 2.26. The smallest absolute Gasteiger partial charge is 0.336 e. The van der Waals surface area contributed by atoms with E-state index in [0.29, 0.717) is 24.1 Å². The molecule has 142 valence electrons. The van der Waals surface area contributed by atoms with Gasteiger partial charge in [-0.1, -0.05) is 0 Å². The number of nitrogens with zero attached hydrogens (tertiary/aromatic N) is 2. The lowest BCUT2D eigenvalue weighted by atomic mass is 10.2. The largest absolute Gasteiger partial charge is 0.423 e. The van der Waals surface area contributed by atoms with E-state index in [4.69, 9.17) is 4.42 Å². The van der Waals surface area contributed by atoms with E-state index in [1.54, 1.807) is 22.5 Å². The molecule has 4 rings (SSSR count). The van der Waals surface area contributed by atoms with Crippen molar-refractivity contribution in [3.8, 4) is 0 Å². The van der Waals surface area contributed by atoms with E-state index >= 15 is 0 Å². The summed E-state index contributed by atoms with van der Waals surface area (Å²) in [6, 6.07) is 7.82. The lowest BCUT2D eigenvalue weighted by Crippen LogP contribution is -2.49. The first kappa shape index (κ1) is 19.3. The fourth-order valence-corrected chi connectivity index (χ4v) is 5.16. The summed E-state index contributed by atoms with van der Waals surface area (Å²) >= 11 is 0. The minimum absolute atomic E-state index is 0. The van der Waals surface area contributed by atoms with E-state index in [-0.39, 0.29) is 23.3 Å². The number of nitrogens with one attached hydrogen (secondary N) is 1. The van der Waals surface area contributed by atoms with Gasteiger partial charge >= 0.3 is 5.63 Å². The maximum atomic E-state index is 13.0. The lowest BCUT2D eigenvalue weighted by molar-refractivity contribution is 0.179. The molecule has 2 saturated heterocycles. The van der Waals surface area contributed by atoms with Crippen LogP contribution in [-0.4, -0.2) is 62.9 Å². The van der Waals surface area contributed by atoms with Gasteiger partial charge in [-0.15, -0.1) is 12.4 Å². The molecular weight excluding hydrogens is 378 g/mol. The number of sulfonamides is 1. The van der Waals surface area contributed by atoms with Crippen LogP contribution in [0.15, 0.2) is 44.4 Å². The molecule has 2 aromatic rings. The predicted molar refractivity (Wildman–Crippen MR) is 101 cm³/mol. The number of fused-ring (bicyclic) bond motifs is 1. The SMILES string of the molecule is Cl.O=c1ccc2cc(S(=O)(=O)N3CCC(N4CCNCC4)C3)ccc2o1. The molecule has 0 amide bonds. The number of piperazine rings is 1. The van der Waals surface area contributed by atoms with Crippen molar-refractivity contribution in [3.63, 3.8) is 0 Å². The highest BCUT2D eigenvalue weighted by atomic mass is 35.5. The average Bonchev–Trinajstić information content (AvgIpc) is 3.13. The van der Waals surface area contributed by atoms with Crippen LogP contribution in [0.1, 0.15) is 6.42 Å². The fourth-order valence-electron chi connectivity index (χ4n) is 3.63. The molecule has 26 heavy (non-hydrogen) atoms. The van der Waals surface area contributed by atoms with Crippen molar-refractivity contribution in [2.24, 2.45) is 0 Å². The van der Waals surface area contributed by atoms with E-state index in [1.165, 1.54) is 12.1 Å². The molecule has 7 nitrogen and oxygen atoms in total. The Bertz CT molecular complexity index is 940. The van der Waals surface area contributed by atoms with E-state index in [2.05, 4.69) is 10.2 Å². The second kappa shape index (κ2) is 7.66. The second-order valence-electron chi connectivity index (χ2n) is 6.55. The Morgan fingerprint density at radius 2 is 1.85 bits per heavy atom. The highest BCUT2D eigenvalue weighted by Gasteiger charge is 2.35. The van der Waals surface area contributed by atoms with Crippen LogP contribution in [-0.2, 0) is 10.0 Å². The van der Waals surface area contributed by atoms with E-state index < -0.39 is 15.6 Å². The molecule has 3 heterocycles. The molecule has 1 unspecified atom stereocenters. The van der Waals surface area contributed by atoms with E-state index in [0.717, 1.165) is 32.6 Å². The van der Waals surface area contributed by atoms with Crippen LogP contribution in [0.5, 0.6) is 0 Å². The third kappa shape index (κ3) is 3.65. The first-order valence-electron chi connectivity index (χ1n) is 8.53. The minimum atomic E-state index is -3.54. The number of rotatable bonds is 3. The van der Waals surface area contributed by atoms with Crippen molar-refractivity contribution in [1.29, 1.82) is 0 Å². The summed E-state index contributed by atoms with van der Waals surface area (Å²) in [5.74, 6) is 0. The summed E-state index contributed by atoms with van der Waals surface area (Å²) < 4.78 is 32.6. The summed E-state index contributed by atoms with van der Waals surface area (Å²) in [6.45, 7) is 4.92. The Morgan fingerprint density at radius 3 is 2.62 bits per heavy atom. The van der Waals surface area contributed by atoms with Gasteiger partial charge < -0.3 is 9.73 Å². The monoisotopic (exact) mass is 399 g/mol. The summed E-state index contributed by atoms with van der Waals surface area (Å²) in [5.41, 5.74) is -0.0481. The van der Waals surface area contributed by atoms with Crippen LogP contribution >= 0.6 is 12.4 Å². The molecule has 9 heteroatoms. The van der Waals surface area contributed by atoms with Crippen molar-refractivity contribution in [3.05, 3.63) is 40.8 Å². The molecule has 1 N–H and O–H groups in total. The maximum absolute atomic E-state index is 13.0. The average molecular weight is 400 g/mol. The number of hydrogen-bond donors (Lipinski definition) is 1. The fraction of sp³-hybridized carbons (Fsp3) is 0.471. The quantitative estimate of drug-likeness (QED) is 0.771. The second-order valence-corrected chi connectivity index (χ2v) is 8.48. The molecule has 2 fully saturated rings. The zero-order valence-electron chi connectivity index (χ0n) is 14.3. The van der Waals surface area contributed by atoms with Crippen LogP contribution in [0, 0.1) is 0 Å². The summed E-state index contributed by atoms with van der Waals surface area (Å²) in [6.07, 6.45) is 0.863. The summed E-state index contributed by atoms with van der Waals surface area (Å²) in [4.78, 5) is 13.9. The lowest BCUT2D eigenvalue weighted by Gasteiger charge is -2.32. The van der Waals surface area contributed by atoms with Crippen molar-refractivity contribution >= 4 is 33.4 Å². The molecule has 2 aliphatic rings. The Balaban J connectivity index is 0.00000196. The Hall–Kier alpha value is -1.45. The van der Waals surface area contributed by atoms with Gasteiger partial charge in [0.05, 0.1) is 4.90 Å². The van der Waals surface area contributed by atoms with Crippen LogP contribution in [0.2, 0.25) is 0 Å². The normalized spacial score (nSPS) is 22.4. The van der Waals surface area contributed by atoms with Crippen LogP contribution in [0.3, 0.4) is 0 Å². The van der Waals surface area contributed by atoms with Gasteiger partial charge in [-0.25, -0.2) is 13.2 Å². The van der Waals surface area contributed by atoms with Gasteiger partial charge in [-0.2, -0.15) is 4.31 Å². The first-order chi connectivity index (χ1) is 12.0. The summed E-state index contributed by atoms with van der Waals surface area (Å²) in [5, 5.41) is 3.93. The number of halogens is 1.